The highest BCUT2D eigenvalue weighted by atomic mass is 32.2. The summed E-state index contributed by atoms with van der Waals surface area (Å²) < 4.78 is 1.99. The van der Waals surface area contributed by atoms with Gasteiger partial charge >= 0.3 is 0 Å². The van der Waals surface area contributed by atoms with Crippen LogP contribution in [0.25, 0.3) is 0 Å². The second-order valence-corrected chi connectivity index (χ2v) is 7.41. The largest absolute Gasteiger partial charge is 0.354 e. The molecule has 2 fully saturated rings. The molecule has 2 aliphatic rings. The molecule has 0 aliphatic carbocycles. The number of carbonyl (C=O) groups is 1. The summed E-state index contributed by atoms with van der Waals surface area (Å²) in [6.07, 6.45) is 7.06. The lowest BCUT2D eigenvalue weighted by molar-refractivity contribution is -0.122. The van der Waals surface area contributed by atoms with Gasteiger partial charge < -0.3 is 20.5 Å². The van der Waals surface area contributed by atoms with E-state index in [0.29, 0.717) is 12.0 Å². The number of thioether (sulfide) groups is 1. The van der Waals surface area contributed by atoms with E-state index in [0.717, 1.165) is 37.0 Å². The average Bonchev–Trinajstić information content (AvgIpc) is 3.12. The summed E-state index contributed by atoms with van der Waals surface area (Å²) in [4.78, 5) is 16.5. The number of nitrogens with zero attached hydrogens (tertiary/aromatic N) is 2. The molecule has 1 aromatic rings. The first-order chi connectivity index (χ1) is 10.7. The van der Waals surface area contributed by atoms with Crippen LogP contribution in [-0.2, 0) is 11.8 Å². The fourth-order valence-electron chi connectivity index (χ4n) is 3.37. The zero-order chi connectivity index (χ0) is 15.4. The number of hydrogen-bond donors (Lipinski definition) is 3. The minimum absolute atomic E-state index is 0.0174. The molecule has 1 atom stereocenters. The Kier molecular flexibility index (Phi) is 5.05. The molecule has 3 rings (SSSR count). The zero-order valence-electron chi connectivity index (χ0n) is 13.1. The monoisotopic (exact) mass is 323 g/mol. The number of imidazole rings is 1. The first kappa shape index (κ1) is 15.8. The van der Waals surface area contributed by atoms with E-state index in [2.05, 4.69) is 20.9 Å². The second-order valence-electron chi connectivity index (χ2n) is 6.35. The van der Waals surface area contributed by atoms with E-state index < -0.39 is 0 Å². The van der Waals surface area contributed by atoms with Crippen LogP contribution in [0.15, 0.2) is 17.6 Å². The highest BCUT2D eigenvalue weighted by Crippen LogP contribution is 2.37. The van der Waals surface area contributed by atoms with Crippen molar-refractivity contribution in [3.63, 3.8) is 0 Å². The molecule has 0 saturated carbocycles. The lowest BCUT2D eigenvalue weighted by Gasteiger charge is -2.33. The second kappa shape index (κ2) is 7.02. The van der Waals surface area contributed by atoms with Gasteiger partial charge in [0.1, 0.15) is 0 Å². The molecule has 3 N–H and O–H groups in total. The number of rotatable bonds is 5. The van der Waals surface area contributed by atoms with Crippen molar-refractivity contribution in [2.45, 2.75) is 30.5 Å². The van der Waals surface area contributed by atoms with Crippen molar-refractivity contribution in [2.75, 3.05) is 31.9 Å². The van der Waals surface area contributed by atoms with Crippen molar-refractivity contribution in [3.8, 4) is 0 Å². The van der Waals surface area contributed by atoms with E-state index in [4.69, 9.17) is 0 Å². The molecular formula is C15H25N5OS. The van der Waals surface area contributed by atoms with Gasteiger partial charge in [0.25, 0.3) is 0 Å². The Morgan fingerprint density at radius 3 is 3.09 bits per heavy atom. The number of piperidine rings is 1. The van der Waals surface area contributed by atoms with Crippen LogP contribution in [0.2, 0.25) is 0 Å². The maximum atomic E-state index is 12.3. The fourth-order valence-corrected chi connectivity index (χ4v) is 4.16. The molecule has 1 spiro atoms. The SMILES string of the molecule is Cn1ccnc1SCCNC(=O)C1CC2(CCNCC2)CN1. The number of amides is 1. The molecule has 7 heteroatoms. The van der Waals surface area contributed by atoms with Crippen LogP contribution >= 0.6 is 11.8 Å². The molecule has 0 aromatic carbocycles. The Labute approximate surface area is 135 Å². The van der Waals surface area contributed by atoms with Crippen molar-refractivity contribution >= 4 is 17.7 Å². The molecule has 0 bridgehead atoms. The Morgan fingerprint density at radius 1 is 1.55 bits per heavy atom. The molecule has 1 unspecified atom stereocenters. The highest BCUT2D eigenvalue weighted by molar-refractivity contribution is 7.99. The predicted octanol–water partition coefficient (Wildman–Crippen LogP) is 0.360. The summed E-state index contributed by atoms with van der Waals surface area (Å²) >= 11 is 1.67. The van der Waals surface area contributed by atoms with Crippen LogP contribution in [0.5, 0.6) is 0 Å². The fraction of sp³-hybridized carbons (Fsp3) is 0.733. The maximum Gasteiger partial charge on any atom is 0.237 e. The molecule has 0 radical (unpaired) electrons. The van der Waals surface area contributed by atoms with Crippen LogP contribution in [-0.4, -0.2) is 53.4 Å². The van der Waals surface area contributed by atoms with Crippen LogP contribution in [0.4, 0.5) is 0 Å². The molecule has 1 aromatic heterocycles. The lowest BCUT2D eigenvalue weighted by Crippen LogP contribution is -2.41. The smallest absolute Gasteiger partial charge is 0.237 e. The highest BCUT2D eigenvalue weighted by Gasteiger charge is 2.41. The van der Waals surface area contributed by atoms with Gasteiger partial charge in [-0.05, 0) is 37.8 Å². The Morgan fingerprint density at radius 2 is 2.36 bits per heavy atom. The average molecular weight is 323 g/mol. The van der Waals surface area contributed by atoms with Gasteiger partial charge in [0.15, 0.2) is 5.16 Å². The number of nitrogens with one attached hydrogen (secondary N) is 3. The molecular weight excluding hydrogens is 298 g/mol. The van der Waals surface area contributed by atoms with E-state index in [9.17, 15) is 4.79 Å². The molecule has 6 nitrogen and oxygen atoms in total. The van der Waals surface area contributed by atoms with Crippen molar-refractivity contribution in [1.82, 2.24) is 25.5 Å². The van der Waals surface area contributed by atoms with E-state index in [1.807, 2.05) is 17.8 Å². The quantitative estimate of drug-likeness (QED) is 0.539. The minimum atomic E-state index is -0.0174. The van der Waals surface area contributed by atoms with Crippen LogP contribution in [0.1, 0.15) is 19.3 Å². The van der Waals surface area contributed by atoms with E-state index in [1.54, 1.807) is 18.0 Å². The molecule has 1 amide bonds. The first-order valence-corrected chi connectivity index (χ1v) is 8.99. The topological polar surface area (TPSA) is 71.0 Å². The van der Waals surface area contributed by atoms with Gasteiger partial charge in [-0.1, -0.05) is 11.8 Å². The number of carbonyl (C=O) groups excluding carboxylic acids is 1. The minimum Gasteiger partial charge on any atom is -0.354 e. The third-order valence-electron chi connectivity index (χ3n) is 4.75. The van der Waals surface area contributed by atoms with Crippen molar-refractivity contribution in [1.29, 1.82) is 0 Å². The molecule has 3 heterocycles. The Hall–Kier alpha value is -1.05. The summed E-state index contributed by atoms with van der Waals surface area (Å²) in [6, 6.07) is -0.0174. The number of aryl methyl sites for hydroxylation is 1. The van der Waals surface area contributed by atoms with Crippen LogP contribution < -0.4 is 16.0 Å². The third kappa shape index (κ3) is 3.64. The van der Waals surface area contributed by atoms with Crippen molar-refractivity contribution < 1.29 is 4.79 Å². The summed E-state index contributed by atoms with van der Waals surface area (Å²) in [7, 11) is 1.98. The van der Waals surface area contributed by atoms with Gasteiger partial charge in [-0.15, -0.1) is 0 Å². The standard InChI is InChI=1S/C15H25N5OS/c1-20-8-6-18-14(20)22-9-7-17-13(21)12-10-15(11-19-12)2-4-16-5-3-15/h6,8,12,16,19H,2-5,7,9-11H2,1H3,(H,17,21). The molecule has 122 valence electrons. The maximum absolute atomic E-state index is 12.3. The Balaban J connectivity index is 1.38. The van der Waals surface area contributed by atoms with E-state index in [-0.39, 0.29) is 11.9 Å². The third-order valence-corrected chi connectivity index (χ3v) is 5.81. The summed E-state index contributed by atoms with van der Waals surface area (Å²) in [5, 5.41) is 10.9. The molecule has 2 saturated heterocycles. The van der Waals surface area contributed by atoms with Crippen molar-refractivity contribution in [3.05, 3.63) is 12.4 Å². The summed E-state index contributed by atoms with van der Waals surface area (Å²) in [5.41, 5.74) is 0.342. The normalized spacial score (nSPS) is 23.8. The molecule has 22 heavy (non-hydrogen) atoms. The van der Waals surface area contributed by atoms with E-state index in [1.165, 1.54) is 12.8 Å². The van der Waals surface area contributed by atoms with Crippen LogP contribution in [0.3, 0.4) is 0 Å². The summed E-state index contributed by atoms with van der Waals surface area (Å²) in [5.74, 6) is 0.995. The predicted molar refractivity (Wildman–Crippen MR) is 87.9 cm³/mol. The van der Waals surface area contributed by atoms with Gasteiger partial charge in [0, 0.05) is 38.3 Å². The number of aromatic nitrogens is 2. The van der Waals surface area contributed by atoms with Gasteiger partial charge in [0.2, 0.25) is 5.91 Å². The number of hydrogen-bond acceptors (Lipinski definition) is 5. The van der Waals surface area contributed by atoms with Gasteiger partial charge in [-0.25, -0.2) is 4.98 Å². The van der Waals surface area contributed by atoms with Gasteiger partial charge in [0.05, 0.1) is 6.04 Å². The van der Waals surface area contributed by atoms with Crippen LogP contribution in [0, 0.1) is 5.41 Å². The first-order valence-electron chi connectivity index (χ1n) is 8.01. The lowest BCUT2D eigenvalue weighted by atomic mass is 9.77. The van der Waals surface area contributed by atoms with Gasteiger partial charge in [-0.2, -0.15) is 0 Å². The van der Waals surface area contributed by atoms with E-state index >= 15 is 0 Å². The molecule has 2 aliphatic heterocycles. The Bertz CT molecular complexity index is 512. The summed E-state index contributed by atoms with van der Waals surface area (Å²) in [6.45, 7) is 3.82. The van der Waals surface area contributed by atoms with Gasteiger partial charge in [-0.3, -0.25) is 4.79 Å². The van der Waals surface area contributed by atoms with Crippen molar-refractivity contribution in [2.24, 2.45) is 12.5 Å². The zero-order valence-corrected chi connectivity index (χ0v) is 13.9.